The largest absolute Gasteiger partial charge is 0.326 e. The van der Waals surface area contributed by atoms with E-state index in [-0.39, 0.29) is 10.7 Å². The van der Waals surface area contributed by atoms with Crippen LogP contribution in [0.15, 0.2) is 67.0 Å². The SMILES string of the molecule is O=C(Nc1cccnc1)C(=O)c1c(Cl)n(Cc2ccc(Cl)cc2Cl)c2ccccc12. The quantitative estimate of drug-likeness (QED) is 0.301. The zero-order chi connectivity index (χ0) is 21.3. The summed E-state index contributed by atoms with van der Waals surface area (Å²) < 4.78 is 1.75. The monoisotopic (exact) mass is 457 g/mol. The lowest BCUT2D eigenvalue weighted by atomic mass is 10.1. The van der Waals surface area contributed by atoms with Gasteiger partial charge in [0.2, 0.25) is 0 Å². The summed E-state index contributed by atoms with van der Waals surface area (Å²) in [6.07, 6.45) is 3.03. The summed E-state index contributed by atoms with van der Waals surface area (Å²) in [5.41, 5.74) is 2.05. The zero-order valence-corrected chi connectivity index (χ0v) is 17.7. The molecule has 0 saturated carbocycles. The summed E-state index contributed by atoms with van der Waals surface area (Å²) in [5.74, 6) is -1.53. The van der Waals surface area contributed by atoms with Gasteiger partial charge in [0.25, 0.3) is 11.7 Å². The van der Waals surface area contributed by atoms with E-state index in [0.717, 1.165) is 5.56 Å². The highest BCUT2D eigenvalue weighted by Gasteiger charge is 2.26. The number of pyridine rings is 1. The molecule has 30 heavy (non-hydrogen) atoms. The Bertz CT molecular complexity index is 1270. The molecule has 8 heteroatoms. The Balaban J connectivity index is 1.75. The van der Waals surface area contributed by atoms with Gasteiger partial charge in [-0.3, -0.25) is 14.6 Å². The second kappa shape index (κ2) is 8.48. The number of carbonyl (C=O) groups excluding carboxylic acids is 2. The molecule has 4 rings (SSSR count). The normalized spacial score (nSPS) is 10.9. The van der Waals surface area contributed by atoms with Crippen molar-refractivity contribution in [2.45, 2.75) is 6.54 Å². The lowest BCUT2D eigenvalue weighted by molar-refractivity contribution is -0.112. The minimum Gasteiger partial charge on any atom is -0.326 e. The molecular weight excluding hydrogens is 445 g/mol. The fourth-order valence-electron chi connectivity index (χ4n) is 3.20. The van der Waals surface area contributed by atoms with Gasteiger partial charge >= 0.3 is 0 Å². The number of fused-ring (bicyclic) bond motifs is 1. The molecule has 0 atom stereocenters. The third-order valence-corrected chi connectivity index (χ3v) is 5.58. The first kappa shape index (κ1) is 20.4. The third-order valence-electron chi connectivity index (χ3n) is 4.60. The summed E-state index contributed by atoms with van der Waals surface area (Å²) in [4.78, 5) is 29.5. The number of hydrogen-bond acceptors (Lipinski definition) is 3. The van der Waals surface area contributed by atoms with Crippen molar-refractivity contribution in [3.63, 3.8) is 0 Å². The first-order chi connectivity index (χ1) is 14.5. The van der Waals surface area contributed by atoms with E-state index in [9.17, 15) is 9.59 Å². The van der Waals surface area contributed by atoms with Crippen LogP contribution in [0.2, 0.25) is 15.2 Å². The standard InChI is InChI=1S/C22H14Cl3N3O2/c23-14-8-7-13(17(24)10-14)12-28-18-6-2-1-5-16(18)19(21(28)25)20(29)22(30)27-15-4-3-9-26-11-15/h1-11H,12H2,(H,27,30). The number of amides is 1. The Hall–Kier alpha value is -2.86. The van der Waals surface area contributed by atoms with Gasteiger partial charge in [-0.05, 0) is 35.9 Å². The molecule has 0 bridgehead atoms. The summed E-state index contributed by atoms with van der Waals surface area (Å²) in [6.45, 7) is 0.312. The molecule has 0 aliphatic carbocycles. The van der Waals surface area contributed by atoms with E-state index in [1.165, 1.54) is 6.20 Å². The fraction of sp³-hybridized carbons (Fsp3) is 0.0455. The van der Waals surface area contributed by atoms with Crippen LogP contribution in [-0.4, -0.2) is 21.2 Å². The van der Waals surface area contributed by atoms with E-state index >= 15 is 0 Å². The smallest absolute Gasteiger partial charge is 0.296 e. The predicted molar refractivity (Wildman–Crippen MR) is 120 cm³/mol. The minimum atomic E-state index is -0.794. The highest BCUT2D eigenvalue weighted by molar-refractivity contribution is 6.51. The third kappa shape index (κ3) is 3.92. The zero-order valence-electron chi connectivity index (χ0n) is 15.4. The summed E-state index contributed by atoms with van der Waals surface area (Å²) in [6, 6.07) is 15.7. The van der Waals surface area contributed by atoms with Crippen LogP contribution in [0.4, 0.5) is 5.69 Å². The van der Waals surface area contributed by atoms with E-state index in [2.05, 4.69) is 10.3 Å². The van der Waals surface area contributed by atoms with Gasteiger partial charge in [-0.15, -0.1) is 0 Å². The van der Waals surface area contributed by atoms with Gasteiger partial charge in [-0.2, -0.15) is 0 Å². The Labute approximate surface area is 187 Å². The van der Waals surface area contributed by atoms with Gasteiger partial charge in [0.15, 0.2) is 0 Å². The Kier molecular flexibility index (Phi) is 5.77. The lowest BCUT2D eigenvalue weighted by Crippen LogP contribution is -2.23. The molecule has 2 aromatic carbocycles. The Morgan fingerprint density at radius 1 is 1.00 bits per heavy atom. The van der Waals surface area contributed by atoms with E-state index in [0.29, 0.717) is 33.2 Å². The van der Waals surface area contributed by atoms with Crippen molar-refractivity contribution in [3.8, 4) is 0 Å². The van der Waals surface area contributed by atoms with Crippen LogP contribution >= 0.6 is 34.8 Å². The number of Topliss-reactive ketones (excluding diaryl/α,β-unsaturated/α-hetero) is 1. The number of nitrogens with zero attached hydrogens (tertiary/aromatic N) is 2. The van der Waals surface area contributed by atoms with Crippen LogP contribution in [0.3, 0.4) is 0 Å². The van der Waals surface area contributed by atoms with E-state index in [1.807, 2.05) is 12.1 Å². The van der Waals surface area contributed by atoms with Gasteiger partial charge in [0, 0.05) is 21.6 Å². The fourth-order valence-corrected chi connectivity index (χ4v) is 4.01. The van der Waals surface area contributed by atoms with E-state index in [4.69, 9.17) is 34.8 Å². The van der Waals surface area contributed by atoms with Gasteiger partial charge in [0.05, 0.1) is 29.5 Å². The Morgan fingerprint density at radius 2 is 1.80 bits per heavy atom. The second-order valence-electron chi connectivity index (χ2n) is 6.53. The number of aromatic nitrogens is 2. The molecule has 0 fully saturated rings. The lowest BCUT2D eigenvalue weighted by Gasteiger charge is -2.10. The molecule has 0 aliphatic rings. The molecule has 0 unspecified atom stereocenters. The highest BCUT2D eigenvalue weighted by atomic mass is 35.5. The highest BCUT2D eigenvalue weighted by Crippen LogP contribution is 2.33. The van der Waals surface area contributed by atoms with Crippen LogP contribution in [0.5, 0.6) is 0 Å². The van der Waals surface area contributed by atoms with Crippen molar-refractivity contribution in [3.05, 3.63) is 93.3 Å². The van der Waals surface area contributed by atoms with Crippen LogP contribution < -0.4 is 5.32 Å². The van der Waals surface area contributed by atoms with Gasteiger partial charge in [-0.25, -0.2) is 0 Å². The average molecular weight is 459 g/mol. The average Bonchev–Trinajstić information content (AvgIpc) is 3.01. The molecule has 2 aromatic heterocycles. The van der Waals surface area contributed by atoms with Crippen LogP contribution in [0.25, 0.3) is 10.9 Å². The molecule has 0 aliphatic heterocycles. The van der Waals surface area contributed by atoms with Crippen molar-refractivity contribution >= 4 is 63.1 Å². The number of carbonyl (C=O) groups is 2. The number of benzene rings is 2. The Morgan fingerprint density at radius 3 is 2.53 bits per heavy atom. The number of rotatable bonds is 5. The number of ketones is 1. The number of halogens is 3. The predicted octanol–water partition coefficient (Wildman–Crippen LogP) is 5.87. The van der Waals surface area contributed by atoms with Crippen LogP contribution in [0, 0.1) is 0 Å². The number of hydrogen-bond donors (Lipinski definition) is 1. The first-order valence-corrected chi connectivity index (χ1v) is 10.1. The molecule has 4 aromatic rings. The molecule has 5 nitrogen and oxygen atoms in total. The number of para-hydroxylation sites is 1. The maximum Gasteiger partial charge on any atom is 0.296 e. The molecule has 0 spiro atoms. The molecule has 2 heterocycles. The summed E-state index contributed by atoms with van der Waals surface area (Å²) in [5, 5.41) is 4.30. The van der Waals surface area contributed by atoms with Crippen LogP contribution in [0.1, 0.15) is 15.9 Å². The van der Waals surface area contributed by atoms with Crippen molar-refractivity contribution in [2.75, 3.05) is 5.32 Å². The summed E-state index contributed by atoms with van der Waals surface area (Å²) in [7, 11) is 0. The molecular formula is C22H14Cl3N3O2. The van der Waals surface area contributed by atoms with E-state index in [1.54, 1.807) is 53.2 Å². The van der Waals surface area contributed by atoms with Gasteiger partial charge in [-0.1, -0.05) is 59.1 Å². The maximum atomic E-state index is 13.0. The molecule has 0 radical (unpaired) electrons. The molecule has 1 amide bonds. The van der Waals surface area contributed by atoms with Crippen molar-refractivity contribution in [1.82, 2.24) is 9.55 Å². The summed E-state index contributed by atoms with van der Waals surface area (Å²) >= 11 is 18.9. The molecule has 1 N–H and O–H groups in total. The van der Waals surface area contributed by atoms with Crippen molar-refractivity contribution in [1.29, 1.82) is 0 Å². The first-order valence-electron chi connectivity index (χ1n) is 8.92. The van der Waals surface area contributed by atoms with E-state index < -0.39 is 11.7 Å². The van der Waals surface area contributed by atoms with Gasteiger partial charge in [0.1, 0.15) is 5.15 Å². The minimum absolute atomic E-state index is 0.138. The van der Waals surface area contributed by atoms with Crippen LogP contribution in [-0.2, 0) is 11.3 Å². The molecule has 150 valence electrons. The topological polar surface area (TPSA) is 64.0 Å². The second-order valence-corrected chi connectivity index (χ2v) is 7.73. The van der Waals surface area contributed by atoms with Crippen molar-refractivity contribution < 1.29 is 9.59 Å². The number of nitrogens with one attached hydrogen (secondary N) is 1. The number of anilines is 1. The molecule has 0 saturated heterocycles. The van der Waals surface area contributed by atoms with Gasteiger partial charge < -0.3 is 9.88 Å². The van der Waals surface area contributed by atoms with Crippen molar-refractivity contribution in [2.24, 2.45) is 0 Å². The maximum absolute atomic E-state index is 13.0.